The highest BCUT2D eigenvalue weighted by Crippen LogP contribution is 2.60. The molecular formula is C24H25Cl2NO3. The van der Waals surface area contributed by atoms with E-state index in [9.17, 15) is 14.7 Å². The minimum atomic E-state index is -0.995. The van der Waals surface area contributed by atoms with Crippen LogP contribution in [0.1, 0.15) is 66.4 Å². The molecule has 1 saturated heterocycles. The topological polar surface area (TPSA) is 66.4 Å². The second kappa shape index (κ2) is 7.90. The number of fused-ring (bicyclic) bond motifs is 1. The van der Waals surface area contributed by atoms with Gasteiger partial charge in [-0.3, -0.25) is 4.79 Å². The molecule has 4 rings (SSSR count). The molecule has 0 unspecified atom stereocenters. The first-order valence-corrected chi connectivity index (χ1v) is 11.1. The van der Waals surface area contributed by atoms with Crippen molar-refractivity contribution in [1.82, 2.24) is 5.32 Å². The summed E-state index contributed by atoms with van der Waals surface area (Å²) < 4.78 is 0. The number of carboxylic acids is 1. The van der Waals surface area contributed by atoms with E-state index in [1.165, 1.54) is 6.07 Å². The third-order valence-corrected chi connectivity index (χ3v) is 7.82. The van der Waals surface area contributed by atoms with Crippen LogP contribution in [-0.2, 0) is 4.79 Å². The molecule has 2 N–H and O–H groups in total. The van der Waals surface area contributed by atoms with Gasteiger partial charge >= 0.3 is 5.97 Å². The summed E-state index contributed by atoms with van der Waals surface area (Å²) >= 11 is 12.7. The largest absolute Gasteiger partial charge is 0.478 e. The molecule has 0 spiro atoms. The van der Waals surface area contributed by atoms with Crippen LogP contribution in [0.15, 0.2) is 42.5 Å². The summed E-state index contributed by atoms with van der Waals surface area (Å²) in [5.41, 5.74) is 1.86. The lowest BCUT2D eigenvalue weighted by atomic mass is 9.54. The Morgan fingerprint density at radius 1 is 1.20 bits per heavy atom. The second-order valence-corrected chi connectivity index (χ2v) is 9.41. The lowest BCUT2D eigenvalue weighted by Gasteiger charge is -2.47. The molecular weight excluding hydrogens is 421 g/mol. The average molecular weight is 446 g/mol. The molecule has 2 aromatic carbocycles. The minimum absolute atomic E-state index is 0.0398. The van der Waals surface area contributed by atoms with Gasteiger partial charge in [-0.1, -0.05) is 48.3 Å². The summed E-state index contributed by atoms with van der Waals surface area (Å²) in [6.45, 7) is 4.18. The highest BCUT2D eigenvalue weighted by Gasteiger charge is 2.59. The van der Waals surface area contributed by atoms with Crippen molar-refractivity contribution in [3.63, 3.8) is 0 Å². The zero-order chi connectivity index (χ0) is 21.6. The number of aromatic carboxylic acids is 1. The van der Waals surface area contributed by atoms with Crippen LogP contribution in [0.2, 0.25) is 10.0 Å². The van der Waals surface area contributed by atoms with E-state index in [2.05, 4.69) is 19.2 Å². The fraction of sp³-hybridized carbons (Fsp3) is 0.417. The van der Waals surface area contributed by atoms with Crippen LogP contribution in [0.5, 0.6) is 0 Å². The lowest BCUT2D eigenvalue weighted by molar-refractivity contribution is -0.131. The maximum atomic E-state index is 13.0. The van der Waals surface area contributed by atoms with E-state index >= 15 is 0 Å². The van der Waals surface area contributed by atoms with Crippen LogP contribution in [0.4, 0.5) is 0 Å². The van der Waals surface area contributed by atoms with Crippen molar-refractivity contribution in [2.24, 2.45) is 11.3 Å². The number of amides is 1. The lowest BCUT2D eigenvalue weighted by Crippen LogP contribution is -2.43. The summed E-state index contributed by atoms with van der Waals surface area (Å²) in [6, 6.07) is 12.9. The SMILES string of the molecule is CC[C@@]12CC[C@@H](c3ccc(C(=O)O)cc3Cl)[C@H](c3ccc(Cl)cc3)[C@@H]1[C@@H](C)NC2=O. The van der Waals surface area contributed by atoms with Crippen molar-refractivity contribution >= 4 is 35.1 Å². The van der Waals surface area contributed by atoms with Gasteiger partial charge in [-0.2, -0.15) is 0 Å². The van der Waals surface area contributed by atoms with Crippen molar-refractivity contribution in [2.75, 3.05) is 0 Å². The van der Waals surface area contributed by atoms with E-state index in [1.54, 1.807) is 6.07 Å². The molecule has 6 heteroatoms. The normalized spacial score (nSPS) is 30.6. The fourth-order valence-corrected chi connectivity index (χ4v) is 6.30. The highest BCUT2D eigenvalue weighted by molar-refractivity contribution is 6.31. The Balaban J connectivity index is 1.85. The Labute approximate surface area is 186 Å². The number of rotatable bonds is 4. The molecule has 30 heavy (non-hydrogen) atoms. The predicted molar refractivity (Wildman–Crippen MR) is 118 cm³/mol. The van der Waals surface area contributed by atoms with Crippen molar-refractivity contribution in [1.29, 1.82) is 0 Å². The summed E-state index contributed by atoms with van der Waals surface area (Å²) in [5, 5.41) is 13.6. The molecule has 1 heterocycles. The van der Waals surface area contributed by atoms with E-state index in [0.29, 0.717) is 10.0 Å². The van der Waals surface area contributed by atoms with Gasteiger partial charge in [-0.25, -0.2) is 4.79 Å². The van der Waals surface area contributed by atoms with Gasteiger partial charge in [0.15, 0.2) is 0 Å². The molecule has 5 atom stereocenters. The first-order valence-electron chi connectivity index (χ1n) is 10.4. The van der Waals surface area contributed by atoms with Crippen molar-refractivity contribution < 1.29 is 14.7 Å². The maximum Gasteiger partial charge on any atom is 0.335 e. The number of nitrogens with one attached hydrogen (secondary N) is 1. The summed E-state index contributed by atoms with van der Waals surface area (Å²) in [5.74, 6) is -0.581. The average Bonchev–Trinajstić information content (AvgIpc) is 2.98. The Hall–Kier alpha value is -2.04. The van der Waals surface area contributed by atoms with Crippen LogP contribution >= 0.6 is 23.2 Å². The summed E-state index contributed by atoms with van der Waals surface area (Å²) in [7, 11) is 0. The predicted octanol–water partition coefficient (Wildman–Crippen LogP) is 5.88. The summed E-state index contributed by atoms with van der Waals surface area (Å²) in [4.78, 5) is 24.4. The molecule has 1 aliphatic heterocycles. The molecule has 1 saturated carbocycles. The standard InChI is InChI=1S/C24H25Cl2NO3/c1-3-24-11-10-18(17-9-6-15(22(28)29)12-19(17)26)20(14-4-7-16(25)8-5-14)21(24)13(2)27-23(24)30/h4-9,12-13,18,20-21H,3,10-11H2,1-2H3,(H,27,30)(H,28,29)/t13-,18+,20+,21+,24-/m1/s1. The van der Waals surface area contributed by atoms with Gasteiger partial charge in [-0.15, -0.1) is 0 Å². The molecule has 2 aromatic rings. The van der Waals surface area contributed by atoms with Gasteiger partial charge in [0, 0.05) is 22.0 Å². The monoisotopic (exact) mass is 445 g/mol. The first-order chi connectivity index (χ1) is 14.3. The van der Waals surface area contributed by atoms with Crippen LogP contribution in [-0.4, -0.2) is 23.0 Å². The van der Waals surface area contributed by atoms with Gasteiger partial charge in [0.05, 0.1) is 11.0 Å². The number of hydrogen-bond acceptors (Lipinski definition) is 2. The van der Waals surface area contributed by atoms with Gasteiger partial charge in [0.25, 0.3) is 0 Å². The van der Waals surface area contributed by atoms with E-state index in [4.69, 9.17) is 23.2 Å². The number of benzene rings is 2. The third kappa shape index (κ3) is 3.30. The number of carbonyl (C=O) groups excluding carboxylic acids is 1. The molecule has 4 nitrogen and oxygen atoms in total. The van der Waals surface area contributed by atoms with E-state index < -0.39 is 11.4 Å². The third-order valence-electron chi connectivity index (χ3n) is 7.24. The highest BCUT2D eigenvalue weighted by atomic mass is 35.5. The van der Waals surface area contributed by atoms with Crippen LogP contribution < -0.4 is 5.32 Å². The molecule has 2 aliphatic rings. The van der Waals surface area contributed by atoms with Crippen LogP contribution in [0.25, 0.3) is 0 Å². The maximum absolute atomic E-state index is 13.0. The van der Waals surface area contributed by atoms with Gasteiger partial charge < -0.3 is 10.4 Å². The molecule has 0 bridgehead atoms. The number of halogens is 2. The van der Waals surface area contributed by atoms with E-state index in [0.717, 1.165) is 30.4 Å². The molecule has 1 aliphatic carbocycles. The van der Waals surface area contributed by atoms with Crippen molar-refractivity contribution in [3.05, 3.63) is 69.2 Å². The number of carboxylic acid groups (broad SMARTS) is 1. The van der Waals surface area contributed by atoms with Gasteiger partial charge in [0.2, 0.25) is 5.91 Å². The van der Waals surface area contributed by atoms with E-state index in [1.807, 2.05) is 30.3 Å². The zero-order valence-electron chi connectivity index (χ0n) is 17.0. The number of hydrogen-bond donors (Lipinski definition) is 2. The molecule has 1 amide bonds. The summed E-state index contributed by atoms with van der Waals surface area (Å²) in [6.07, 6.45) is 2.39. The van der Waals surface area contributed by atoms with Gasteiger partial charge in [0.1, 0.15) is 0 Å². The number of carbonyl (C=O) groups is 2. The van der Waals surface area contributed by atoms with Crippen LogP contribution in [0.3, 0.4) is 0 Å². The zero-order valence-corrected chi connectivity index (χ0v) is 18.5. The first kappa shape index (κ1) is 21.2. The van der Waals surface area contributed by atoms with E-state index in [-0.39, 0.29) is 35.3 Å². The van der Waals surface area contributed by atoms with Gasteiger partial charge in [-0.05, 0) is 73.4 Å². The molecule has 0 aromatic heterocycles. The molecule has 0 radical (unpaired) electrons. The molecule has 158 valence electrons. The Bertz CT molecular complexity index is 990. The smallest absolute Gasteiger partial charge is 0.335 e. The Kier molecular flexibility index (Phi) is 5.58. The van der Waals surface area contributed by atoms with Crippen LogP contribution in [0, 0.1) is 11.3 Å². The minimum Gasteiger partial charge on any atom is -0.478 e. The second-order valence-electron chi connectivity index (χ2n) is 8.56. The molecule has 2 fully saturated rings. The van der Waals surface area contributed by atoms with Crippen molar-refractivity contribution in [3.8, 4) is 0 Å². The van der Waals surface area contributed by atoms with Crippen molar-refractivity contribution in [2.45, 2.75) is 51.0 Å². The Morgan fingerprint density at radius 2 is 1.90 bits per heavy atom. The Morgan fingerprint density at radius 3 is 2.50 bits per heavy atom. The quantitative estimate of drug-likeness (QED) is 0.616. The fourth-order valence-electron chi connectivity index (χ4n) is 5.86.